The summed E-state index contributed by atoms with van der Waals surface area (Å²) in [6.45, 7) is 0.310. The molecule has 1 fully saturated rings. The van der Waals surface area contributed by atoms with Gasteiger partial charge in [-0.05, 0) is 24.3 Å². The summed E-state index contributed by atoms with van der Waals surface area (Å²) in [4.78, 5) is 24.6. The topological polar surface area (TPSA) is 81.3 Å². The first-order valence-corrected chi connectivity index (χ1v) is 9.60. The lowest BCUT2D eigenvalue weighted by molar-refractivity contribution is -0.497. The fraction of sp³-hybridized carbons (Fsp3) is 0.238. The summed E-state index contributed by atoms with van der Waals surface area (Å²) in [5.74, 6) is -0.737. The van der Waals surface area contributed by atoms with Crippen molar-refractivity contribution in [2.24, 2.45) is 5.92 Å². The van der Waals surface area contributed by atoms with Crippen LogP contribution in [0, 0.1) is 16.0 Å². The smallest absolute Gasteiger partial charge is 0.232 e. The fourth-order valence-corrected chi connectivity index (χ4v) is 3.51. The molecule has 0 bridgehead atoms. The first-order valence-electron chi connectivity index (χ1n) is 9.22. The Bertz CT molecular complexity index is 1050. The van der Waals surface area contributed by atoms with Gasteiger partial charge in [-0.25, -0.2) is 4.68 Å². The summed E-state index contributed by atoms with van der Waals surface area (Å²) >= 11 is 6.01. The van der Waals surface area contributed by atoms with Gasteiger partial charge in [-0.1, -0.05) is 41.9 Å². The average molecular weight is 411 g/mol. The number of aromatic nitrogens is 2. The second kappa shape index (κ2) is 7.67. The van der Waals surface area contributed by atoms with Crippen LogP contribution in [0.3, 0.4) is 0 Å². The highest BCUT2D eigenvalue weighted by molar-refractivity contribution is 6.30. The standard InChI is InChI=1S/C21H19ClN4O3/c1-24(21(27)18-11-19(18)26(28)29)12-15-13-25(17-5-3-2-4-6-17)23-20(15)14-7-9-16(22)10-8-14/h2-10,13,18-19H,11-12H2,1H3/t18-,19-/m0/s1. The Balaban J connectivity index is 1.64. The Hall–Kier alpha value is -3.19. The van der Waals surface area contributed by atoms with Gasteiger partial charge in [0.15, 0.2) is 0 Å². The summed E-state index contributed by atoms with van der Waals surface area (Å²) in [5, 5.41) is 16.2. The molecule has 1 aliphatic carbocycles. The minimum atomic E-state index is -0.757. The Morgan fingerprint density at radius 3 is 2.55 bits per heavy atom. The molecular formula is C21H19ClN4O3. The van der Waals surface area contributed by atoms with E-state index in [0.29, 0.717) is 18.0 Å². The van der Waals surface area contributed by atoms with Crippen LogP contribution in [0.25, 0.3) is 16.9 Å². The Labute approximate surface area is 172 Å². The molecule has 148 valence electrons. The molecule has 0 spiro atoms. The monoisotopic (exact) mass is 410 g/mol. The number of halogens is 1. The van der Waals surface area contributed by atoms with Crippen LogP contribution in [0.1, 0.15) is 12.0 Å². The van der Waals surface area contributed by atoms with E-state index in [-0.39, 0.29) is 10.8 Å². The van der Waals surface area contributed by atoms with Crippen molar-refractivity contribution in [1.82, 2.24) is 14.7 Å². The Kier molecular flexibility index (Phi) is 5.07. The zero-order valence-corrected chi connectivity index (χ0v) is 16.5. The highest BCUT2D eigenvalue weighted by atomic mass is 35.5. The van der Waals surface area contributed by atoms with Crippen LogP contribution in [0.2, 0.25) is 5.02 Å². The third-order valence-corrected chi connectivity index (χ3v) is 5.31. The number of amides is 1. The molecule has 1 aromatic heterocycles. The van der Waals surface area contributed by atoms with Crippen molar-refractivity contribution in [2.45, 2.75) is 19.0 Å². The molecule has 2 atom stereocenters. The van der Waals surface area contributed by atoms with Crippen molar-refractivity contribution < 1.29 is 9.72 Å². The highest BCUT2D eigenvalue weighted by Crippen LogP contribution is 2.35. The van der Waals surface area contributed by atoms with Crippen LogP contribution in [0.4, 0.5) is 0 Å². The SMILES string of the molecule is CN(Cc1cn(-c2ccccc2)nc1-c1ccc(Cl)cc1)C(=O)[C@H]1C[C@@H]1[N+](=O)[O-]. The van der Waals surface area contributed by atoms with Gasteiger partial charge in [0.05, 0.1) is 11.4 Å². The van der Waals surface area contributed by atoms with E-state index in [0.717, 1.165) is 22.5 Å². The van der Waals surface area contributed by atoms with Crippen molar-refractivity contribution in [3.63, 3.8) is 0 Å². The number of carbonyl (C=O) groups excluding carboxylic acids is 1. The van der Waals surface area contributed by atoms with Crippen molar-refractivity contribution >= 4 is 17.5 Å². The van der Waals surface area contributed by atoms with E-state index in [2.05, 4.69) is 0 Å². The van der Waals surface area contributed by atoms with Gasteiger partial charge in [-0.3, -0.25) is 14.9 Å². The maximum atomic E-state index is 12.6. The molecule has 0 N–H and O–H groups in total. The Morgan fingerprint density at radius 2 is 1.93 bits per heavy atom. The van der Waals surface area contributed by atoms with Gasteiger partial charge in [0.2, 0.25) is 11.9 Å². The number of hydrogen-bond donors (Lipinski definition) is 0. The van der Waals surface area contributed by atoms with E-state index in [4.69, 9.17) is 16.7 Å². The summed E-state index contributed by atoms with van der Waals surface area (Å²) in [6.07, 6.45) is 2.20. The molecule has 0 saturated heterocycles. The first-order chi connectivity index (χ1) is 13.9. The van der Waals surface area contributed by atoms with Crippen molar-refractivity contribution in [3.8, 4) is 16.9 Å². The third kappa shape index (κ3) is 4.00. The fourth-order valence-electron chi connectivity index (χ4n) is 3.39. The van der Waals surface area contributed by atoms with E-state index in [1.165, 1.54) is 0 Å². The van der Waals surface area contributed by atoms with Crippen molar-refractivity contribution in [3.05, 3.63) is 81.5 Å². The molecule has 0 radical (unpaired) electrons. The van der Waals surface area contributed by atoms with Gasteiger partial charge in [-0.2, -0.15) is 5.10 Å². The quantitative estimate of drug-likeness (QED) is 0.457. The molecule has 1 heterocycles. The van der Waals surface area contributed by atoms with Gasteiger partial charge >= 0.3 is 0 Å². The van der Waals surface area contributed by atoms with Gasteiger partial charge < -0.3 is 4.90 Å². The molecule has 29 heavy (non-hydrogen) atoms. The summed E-state index contributed by atoms with van der Waals surface area (Å²) in [5.41, 5.74) is 3.38. The molecule has 1 saturated carbocycles. The lowest BCUT2D eigenvalue weighted by Crippen LogP contribution is -2.29. The highest BCUT2D eigenvalue weighted by Gasteiger charge is 2.54. The number of benzene rings is 2. The number of carbonyl (C=O) groups is 1. The van der Waals surface area contributed by atoms with Gasteiger partial charge in [0.1, 0.15) is 5.92 Å². The largest absolute Gasteiger partial charge is 0.341 e. The maximum Gasteiger partial charge on any atom is 0.232 e. The molecule has 0 aliphatic heterocycles. The lowest BCUT2D eigenvalue weighted by atomic mass is 10.1. The van der Waals surface area contributed by atoms with E-state index in [9.17, 15) is 14.9 Å². The summed E-state index contributed by atoms with van der Waals surface area (Å²) in [6, 6.07) is 16.3. The number of hydrogen-bond acceptors (Lipinski definition) is 4. The predicted octanol–water partition coefficient (Wildman–Crippen LogP) is 3.82. The van der Waals surface area contributed by atoms with E-state index >= 15 is 0 Å². The first kappa shape index (κ1) is 19.1. The number of para-hydroxylation sites is 1. The van der Waals surface area contributed by atoms with E-state index in [1.807, 2.05) is 48.7 Å². The number of rotatable bonds is 6. The zero-order valence-electron chi connectivity index (χ0n) is 15.7. The van der Waals surface area contributed by atoms with Crippen molar-refractivity contribution in [2.75, 3.05) is 7.05 Å². The molecular weight excluding hydrogens is 392 g/mol. The third-order valence-electron chi connectivity index (χ3n) is 5.06. The lowest BCUT2D eigenvalue weighted by Gasteiger charge is -2.16. The second-order valence-corrected chi connectivity index (χ2v) is 7.62. The van der Waals surface area contributed by atoms with E-state index in [1.54, 1.807) is 28.8 Å². The minimum absolute atomic E-state index is 0.207. The number of nitro groups is 1. The zero-order chi connectivity index (χ0) is 20.5. The minimum Gasteiger partial charge on any atom is -0.341 e. The van der Waals surface area contributed by atoms with Crippen LogP contribution < -0.4 is 0 Å². The van der Waals surface area contributed by atoms with Crippen LogP contribution in [-0.2, 0) is 11.3 Å². The van der Waals surface area contributed by atoms with Crippen LogP contribution in [0.15, 0.2) is 60.8 Å². The molecule has 0 unspecified atom stereocenters. The molecule has 3 aromatic rings. The van der Waals surface area contributed by atoms with E-state index < -0.39 is 12.0 Å². The van der Waals surface area contributed by atoms with Gasteiger partial charge in [-0.15, -0.1) is 0 Å². The molecule has 7 nitrogen and oxygen atoms in total. The molecule has 1 amide bonds. The normalized spacial score (nSPS) is 17.7. The second-order valence-electron chi connectivity index (χ2n) is 7.18. The molecule has 4 rings (SSSR count). The number of nitrogens with zero attached hydrogens (tertiary/aromatic N) is 4. The van der Waals surface area contributed by atoms with Crippen molar-refractivity contribution in [1.29, 1.82) is 0 Å². The van der Waals surface area contributed by atoms with Crippen LogP contribution >= 0.6 is 11.6 Å². The van der Waals surface area contributed by atoms with Crippen LogP contribution in [-0.4, -0.2) is 38.6 Å². The van der Waals surface area contributed by atoms with Gasteiger partial charge in [0.25, 0.3) is 0 Å². The van der Waals surface area contributed by atoms with Crippen LogP contribution in [0.5, 0.6) is 0 Å². The Morgan fingerprint density at radius 1 is 1.24 bits per heavy atom. The molecule has 1 aliphatic rings. The summed E-state index contributed by atoms with van der Waals surface area (Å²) < 4.78 is 1.77. The average Bonchev–Trinajstić information content (AvgIpc) is 3.43. The van der Waals surface area contributed by atoms with Gasteiger partial charge in [0, 0.05) is 47.3 Å². The molecule has 2 aromatic carbocycles. The molecule has 8 heteroatoms. The summed E-state index contributed by atoms with van der Waals surface area (Å²) in [7, 11) is 1.67. The predicted molar refractivity (Wildman–Crippen MR) is 109 cm³/mol. The maximum absolute atomic E-state index is 12.6.